The Hall–Kier alpha value is -2.90. The van der Waals surface area contributed by atoms with Crippen LogP contribution < -0.4 is 10.2 Å². The molecule has 0 aromatic heterocycles. The van der Waals surface area contributed by atoms with Crippen LogP contribution in [0.5, 0.6) is 0 Å². The zero-order valence-corrected chi connectivity index (χ0v) is 14.9. The van der Waals surface area contributed by atoms with Crippen LogP contribution in [0.15, 0.2) is 24.3 Å². The molecule has 0 aliphatic carbocycles. The lowest BCUT2D eigenvalue weighted by Crippen LogP contribution is -2.65. The summed E-state index contributed by atoms with van der Waals surface area (Å²) < 4.78 is 4.47. The Morgan fingerprint density at radius 1 is 1.19 bits per heavy atom. The van der Waals surface area contributed by atoms with Gasteiger partial charge in [-0.1, -0.05) is 26.0 Å². The van der Waals surface area contributed by atoms with Gasteiger partial charge in [-0.3, -0.25) is 9.59 Å². The number of rotatable bonds is 2. The smallest absolute Gasteiger partial charge is 0.396 e. The van der Waals surface area contributed by atoms with E-state index in [-0.39, 0.29) is 6.54 Å². The van der Waals surface area contributed by atoms with Crippen LogP contribution in [-0.4, -0.2) is 54.5 Å². The fraction of sp³-hybridized carbons (Fsp3) is 0.444. The monoisotopic (exact) mass is 359 g/mol. The molecule has 2 heterocycles. The predicted molar refractivity (Wildman–Crippen MR) is 92.5 cm³/mol. The molecule has 8 nitrogen and oxygen atoms in total. The minimum absolute atomic E-state index is 0.204. The Morgan fingerprint density at radius 3 is 2.42 bits per heavy atom. The molecule has 8 heteroatoms. The van der Waals surface area contributed by atoms with E-state index in [1.165, 1.54) is 4.90 Å². The van der Waals surface area contributed by atoms with Crippen molar-refractivity contribution in [3.8, 4) is 0 Å². The minimum atomic E-state index is -1.02. The second kappa shape index (κ2) is 6.78. The first-order valence-corrected chi connectivity index (χ1v) is 8.48. The number of fused-ring (bicyclic) bond motifs is 1. The number of esters is 1. The van der Waals surface area contributed by atoms with Crippen LogP contribution in [0.25, 0.3) is 0 Å². The number of benzene rings is 1. The maximum atomic E-state index is 13.0. The Morgan fingerprint density at radius 2 is 1.85 bits per heavy atom. The highest BCUT2D eigenvalue weighted by molar-refractivity contribution is 6.33. The summed E-state index contributed by atoms with van der Waals surface area (Å²) in [6.45, 7) is 4.30. The molecular formula is C18H21N3O5. The van der Waals surface area contributed by atoms with E-state index in [4.69, 9.17) is 0 Å². The highest BCUT2D eigenvalue weighted by Crippen LogP contribution is 2.28. The van der Waals surface area contributed by atoms with Crippen molar-refractivity contribution in [1.29, 1.82) is 0 Å². The molecule has 0 radical (unpaired) electrons. The summed E-state index contributed by atoms with van der Waals surface area (Å²) in [5.41, 5.74) is 1.51. The van der Waals surface area contributed by atoms with E-state index < -0.39 is 35.9 Å². The standard InChI is InChI=1S/C18H21N3O5/c1-10(2)11-4-6-12(7-5-11)21-15(22)14-13(19-18(21)25)8-9-20(14)16(23)17(24)26-3/h4-7,10,13-14H,8-9H2,1-3H3,(H,19,25). The van der Waals surface area contributed by atoms with Crippen molar-refractivity contribution in [2.45, 2.75) is 38.3 Å². The van der Waals surface area contributed by atoms with Gasteiger partial charge in [0.1, 0.15) is 6.04 Å². The third kappa shape index (κ3) is 2.91. The maximum Gasteiger partial charge on any atom is 0.396 e. The first-order chi connectivity index (χ1) is 12.3. The number of hydrogen-bond donors (Lipinski definition) is 1. The number of ether oxygens (including phenoxy) is 1. The van der Waals surface area contributed by atoms with Crippen molar-refractivity contribution in [2.75, 3.05) is 18.6 Å². The number of carbonyl (C=O) groups excluding carboxylic acids is 4. The van der Waals surface area contributed by atoms with Gasteiger partial charge in [0.2, 0.25) is 0 Å². The molecule has 2 atom stereocenters. The molecule has 2 unspecified atom stereocenters. The Balaban J connectivity index is 1.89. The van der Waals surface area contributed by atoms with Gasteiger partial charge in [0.25, 0.3) is 5.91 Å². The Bertz CT molecular complexity index is 759. The SMILES string of the molecule is COC(=O)C(=O)N1CCC2NC(=O)N(c3ccc(C(C)C)cc3)C(=O)C21. The number of nitrogens with one attached hydrogen (secondary N) is 1. The van der Waals surface area contributed by atoms with Gasteiger partial charge in [0, 0.05) is 6.54 Å². The van der Waals surface area contributed by atoms with Crippen molar-refractivity contribution >= 4 is 29.5 Å². The summed E-state index contributed by atoms with van der Waals surface area (Å²) in [5, 5.41) is 2.76. The molecule has 1 N–H and O–H groups in total. The number of hydrogen-bond acceptors (Lipinski definition) is 5. The average Bonchev–Trinajstić information content (AvgIpc) is 3.04. The van der Waals surface area contributed by atoms with Crippen molar-refractivity contribution in [3.63, 3.8) is 0 Å². The predicted octanol–water partition coefficient (Wildman–Crippen LogP) is 1.01. The maximum absolute atomic E-state index is 13.0. The zero-order valence-electron chi connectivity index (χ0n) is 14.9. The highest BCUT2D eigenvalue weighted by Gasteiger charge is 2.51. The molecule has 2 aliphatic heterocycles. The summed E-state index contributed by atoms with van der Waals surface area (Å²) in [5.74, 6) is -2.10. The molecule has 2 fully saturated rings. The Labute approximate surface area is 151 Å². The second-order valence-corrected chi connectivity index (χ2v) is 6.70. The van der Waals surface area contributed by atoms with Gasteiger partial charge in [-0.05, 0) is 30.0 Å². The fourth-order valence-corrected chi connectivity index (χ4v) is 3.39. The summed E-state index contributed by atoms with van der Waals surface area (Å²) in [6, 6.07) is 5.18. The summed E-state index contributed by atoms with van der Waals surface area (Å²) >= 11 is 0. The van der Waals surface area contributed by atoms with Crippen LogP contribution in [0.2, 0.25) is 0 Å². The summed E-state index contributed by atoms with van der Waals surface area (Å²) in [7, 11) is 1.11. The van der Waals surface area contributed by atoms with Crippen LogP contribution in [0.4, 0.5) is 10.5 Å². The molecule has 0 saturated carbocycles. The fourth-order valence-electron chi connectivity index (χ4n) is 3.39. The van der Waals surface area contributed by atoms with Gasteiger partial charge in [0.15, 0.2) is 0 Å². The number of carbonyl (C=O) groups is 4. The molecule has 138 valence electrons. The lowest BCUT2D eigenvalue weighted by molar-refractivity contribution is -0.159. The number of imide groups is 1. The average molecular weight is 359 g/mol. The molecule has 1 aromatic rings. The Kier molecular flexibility index (Phi) is 4.67. The van der Waals surface area contributed by atoms with E-state index in [2.05, 4.69) is 10.1 Å². The van der Waals surface area contributed by atoms with Crippen LogP contribution in [-0.2, 0) is 19.1 Å². The first kappa shape index (κ1) is 17.9. The number of likely N-dealkylation sites (tertiary alicyclic amines) is 1. The number of nitrogens with zero attached hydrogens (tertiary/aromatic N) is 2. The normalized spacial score (nSPS) is 22.3. The lowest BCUT2D eigenvalue weighted by atomic mass is 10.0. The molecule has 2 aliphatic rings. The molecule has 26 heavy (non-hydrogen) atoms. The van der Waals surface area contributed by atoms with E-state index in [1.54, 1.807) is 12.1 Å². The van der Waals surface area contributed by atoms with E-state index in [1.807, 2.05) is 26.0 Å². The van der Waals surface area contributed by atoms with Crippen LogP contribution in [0.1, 0.15) is 31.7 Å². The zero-order chi connectivity index (χ0) is 19.0. The quantitative estimate of drug-likeness (QED) is 0.628. The number of amides is 4. The number of methoxy groups -OCH3 is 1. The number of urea groups is 1. The second-order valence-electron chi connectivity index (χ2n) is 6.70. The van der Waals surface area contributed by atoms with Crippen LogP contribution >= 0.6 is 0 Å². The van der Waals surface area contributed by atoms with Gasteiger partial charge in [-0.25, -0.2) is 14.5 Å². The van der Waals surface area contributed by atoms with Gasteiger partial charge in [-0.2, -0.15) is 0 Å². The van der Waals surface area contributed by atoms with Crippen LogP contribution in [0.3, 0.4) is 0 Å². The summed E-state index contributed by atoms with van der Waals surface area (Å²) in [6.07, 6.45) is 0.408. The van der Waals surface area contributed by atoms with E-state index in [0.717, 1.165) is 17.6 Å². The third-order valence-electron chi connectivity index (χ3n) is 4.82. The van der Waals surface area contributed by atoms with Gasteiger partial charge >= 0.3 is 17.9 Å². The van der Waals surface area contributed by atoms with E-state index >= 15 is 0 Å². The summed E-state index contributed by atoms with van der Waals surface area (Å²) in [4.78, 5) is 51.4. The molecule has 0 bridgehead atoms. The van der Waals surface area contributed by atoms with Crippen molar-refractivity contribution in [3.05, 3.63) is 29.8 Å². The van der Waals surface area contributed by atoms with Crippen molar-refractivity contribution in [1.82, 2.24) is 10.2 Å². The molecule has 1 aromatic carbocycles. The molecular weight excluding hydrogens is 338 g/mol. The topological polar surface area (TPSA) is 96.0 Å². The highest BCUT2D eigenvalue weighted by atomic mass is 16.5. The van der Waals surface area contributed by atoms with E-state index in [9.17, 15) is 19.2 Å². The molecule has 3 rings (SSSR count). The lowest BCUT2D eigenvalue weighted by Gasteiger charge is -2.36. The molecule has 4 amide bonds. The van der Waals surface area contributed by atoms with Crippen LogP contribution in [0, 0.1) is 0 Å². The largest absolute Gasteiger partial charge is 0.462 e. The van der Waals surface area contributed by atoms with Crippen molar-refractivity contribution < 1.29 is 23.9 Å². The molecule has 2 saturated heterocycles. The third-order valence-corrected chi connectivity index (χ3v) is 4.82. The van der Waals surface area contributed by atoms with Gasteiger partial charge in [-0.15, -0.1) is 0 Å². The molecule has 0 spiro atoms. The van der Waals surface area contributed by atoms with Crippen molar-refractivity contribution in [2.24, 2.45) is 0 Å². The minimum Gasteiger partial charge on any atom is -0.462 e. The first-order valence-electron chi connectivity index (χ1n) is 8.48. The van der Waals surface area contributed by atoms with Gasteiger partial charge in [0.05, 0.1) is 18.8 Å². The van der Waals surface area contributed by atoms with E-state index in [0.29, 0.717) is 18.0 Å². The van der Waals surface area contributed by atoms with Gasteiger partial charge < -0.3 is 15.0 Å². The number of anilines is 1.